The van der Waals surface area contributed by atoms with Gasteiger partial charge in [0.05, 0.1) is 19.3 Å². The van der Waals surface area contributed by atoms with Gasteiger partial charge >= 0.3 is 11.9 Å². The molecule has 0 atom stereocenters. The molecule has 0 fully saturated rings. The Morgan fingerprint density at radius 3 is 2.35 bits per heavy atom. The molecule has 0 aliphatic heterocycles. The molecule has 0 amide bonds. The van der Waals surface area contributed by atoms with Crippen molar-refractivity contribution in [3.05, 3.63) is 58.1 Å². The van der Waals surface area contributed by atoms with E-state index < -0.39 is 11.9 Å². The van der Waals surface area contributed by atoms with Gasteiger partial charge in [0.15, 0.2) is 0 Å². The molecule has 0 aliphatic carbocycles. The smallest absolute Gasteiger partial charge is 0.347 e. The van der Waals surface area contributed by atoms with E-state index in [-0.39, 0.29) is 0 Å². The number of carbonyl (C=O) groups excluding carboxylic acids is 2. The Morgan fingerprint density at radius 2 is 1.74 bits per heavy atom. The molecule has 0 radical (unpaired) electrons. The fourth-order valence-corrected chi connectivity index (χ4v) is 2.24. The number of hydrogen-bond acceptors (Lipinski definition) is 5. The first-order valence-electron chi connectivity index (χ1n) is 6.88. The van der Waals surface area contributed by atoms with Gasteiger partial charge in [-0.15, -0.1) is 0 Å². The molecular weight excluding hydrogens is 364 g/mol. The van der Waals surface area contributed by atoms with Crippen molar-refractivity contribution in [1.82, 2.24) is 0 Å². The highest BCUT2D eigenvalue weighted by Crippen LogP contribution is 2.25. The quantitative estimate of drug-likeness (QED) is 0.583. The highest BCUT2D eigenvalue weighted by atomic mass is 79.9. The molecule has 0 aliphatic rings. The minimum Gasteiger partial charge on any atom is -0.493 e. The van der Waals surface area contributed by atoms with Gasteiger partial charge in [0.2, 0.25) is 0 Å². The van der Waals surface area contributed by atoms with Crippen LogP contribution in [0.2, 0.25) is 0 Å². The molecule has 0 saturated heterocycles. The van der Waals surface area contributed by atoms with E-state index in [9.17, 15) is 9.59 Å². The fraction of sp³-hybridized carbons (Fsp3) is 0.176. The van der Waals surface area contributed by atoms with E-state index >= 15 is 0 Å². The van der Waals surface area contributed by atoms with Crippen LogP contribution in [0.5, 0.6) is 11.5 Å². The highest BCUT2D eigenvalue weighted by Gasteiger charge is 2.16. The Balaban J connectivity index is 2.19. The van der Waals surface area contributed by atoms with Crippen LogP contribution in [-0.2, 0) is 4.74 Å². The minimum atomic E-state index is -0.541. The second-order valence-corrected chi connectivity index (χ2v) is 5.39. The zero-order valence-corrected chi connectivity index (χ0v) is 14.3. The van der Waals surface area contributed by atoms with Gasteiger partial charge in [-0.05, 0) is 49.4 Å². The Morgan fingerprint density at radius 1 is 1.04 bits per heavy atom. The van der Waals surface area contributed by atoms with Crippen LogP contribution in [0, 0.1) is 0 Å². The summed E-state index contributed by atoms with van der Waals surface area (Å²) in [5.74, 6) is -0.217. The van der Waals surface area contributed by atoms with Gasteiger partial charge in [0.1, 0.15) is 17.1 Å². The maximum Gasteiger partial charge on any atom is 0.347 e. The van der Waals surface area contributed by atoms with E-state index in [1.54, 1.807) is 18.2 Å². The van der Waals surface area contributed by atoms with Crippen molar-refractivity contribution >= 4 is 27.9 Å². The van der Waals surface area contributed by atoms with E-state index in [1.807, 2.05) is 6.92 Å². The summed E-state index contributed by atoms with van der Waals surface area (Å²) in [6.07, 6.45) is 0. The maximum absolute atomic E-state index is 12.3. The van der Waals surface area contributed by atoms with Crippen molar-refractivity contribution in [3.8, 4) is 11.5 Å². The first-order valence-corrected chi connectivity index (χ1v) is 7.67. The van der Waals surface area contributed by atoms with Crippen LogP contribution in [0.25, 0.3) is 0 Å². The monoisotopic (exact) mass is 378 g/mol. The lowest BCUT2D eigenvalue weighted by molar-refractivity contribution is 0.0600. The lowest BCUT2D eigenvalue weighted by atomic mass is 10.2. The van der Waals surface area contributed by atoms with Crippen molar-refractivity contribution in [2.45, 2.75) is 6.92 Å². The summed E-state index contributed by atoms with van der Waals surface area (Å²) in [5, 5.41) is 0. The SMILES string of the molecule is CCOc1ccc(Br)cc1C(=O)Oc1ccc(C(=O)OC)cc1. The van der Waals surface area contributed by atoms with E-state index in [4.69, 9.17) is 9.47 Å². The number of methoxy groups -OCH3 is 1. The maximum atomic E-state index is 12.3. The van der Waals surface area contributed by atoms with Crippen LogP contribution in [0.15, 0.2) is 46.9 Å². The molecule has 5 nitrogen and oxygen atoms in total. The van der Waals surface area contributed by atoms with Crippen molar-refractivity contribution in [2.75, 3.05) is 13.7 Å². The fourth-order valence-electron chi connectivity index (χ4n) is 1.88. The molecule has 0 unspecified atom stereocenters. The highest BCUT2D eigenvalue weighted by molar-refractivity contribution is 9.10. The standard InChI is InChI=1S/C17H15BrO5/c1-3-22-15-9-6-12(18)10-14(15)17(20)23-13-7-4-11(5-8-13)16(19)21-2/h4-10H,3H2,1-2H3. The summed E-state index contributed by atoms with van der Waals surface area (Å²) in [6.45, 7) is 2.28. The Kier molecular flexibility index (Phi) is 5.76. The van der Waals surface area contributed by atoms with Gasteiger partial charge in [0.25, 0.3) is 0 Å². The number of rotatable bonds is 5. The second kappa shape index (κ2) is 7.78. The Labute approximate surface area is 142 Å². The lowest BCUT2D eigenvalue weighted by Gasteiger charge is -2.10. The van der Waals surface area contributed by atoms with Crippen molar-refractivity contribution in [3.63, 3.8) is 0 Å². The summed E-state index contributed by atoms with van der Waals surface area (Å²) in [4.78, 5) is 23.7. The second-order valence-electron chi connectivity index (χ2n) is 4.48. The van der Waals surface area contributed by atoms with Crippen molar-refractivity contribution in [2.24, 2.45) is 0 Å². The molecule has 0 saturated carbocycles. The van der Waals surface area contributed by atoms with Crippen molar-refractivity contribution in [1.29, 1.82) is 0 Å². The molecule has 0 aromatic heterocycles. The van der Waals surface area contributed by atoms with Gasteiger partial charge in [-0.3, -0.25) is 0 Å². The van der Waals surface area contributed by atoms with Crippen LogP contribution in [0.1, 0.15) is 27.6 Å². The number of esters is 2. The molecule has 0 heterocycles. The number of halogens is 1. The third kappa shape index (κ3) is 4.32. The lowest BCUT2D eigenvalue weighted by Crippen LogP contribution is -2.11. The van der Waals surface area contributed by atoms with Crippen LogP contribution >= 0.6 is 15.9 Å². The third-order valence-corrected chi connectivity index (χ3v) is 3.44. The Hall–Kier alpha value is -2.34. The topological polar surface area (TPSA) is 61.8 Å². The van der Waals surface area contributed by atoms with Crippen LogP contribution in [-0.4, -0.2) is 25.7 Å². The molecule has 6 heteroatoms. The van der Waals surface area contributed by atoms with Gasteiger partial charge in [-0.2, -0.15) is 0 Å². The number of benzene rings is 2. The van der Waals surface area contributed by atoms with Gasteiger partial charge < -0.3 is 14.2 Å². The largest absolute Gasteiger partial charge is 0.493 e. The predicted molar refractivity (Wildman–Crippen MR) is 88.1 cm³/mol. The third-order valence-electron chi connectivity index (χ3n) is 2.95. The summed E-state index contributed by atoms with van der Waals surface area (Å²) < 4.78 is 16.1. The molecule has 120 valence electrons. The molecule has 23 heavy (non-hydrogen) atoms. The van der Waals surface area contributed by atoms with Crippen LogP contribution in [0.4, 0.5) is 0 Å². The summed E-state index contributed by atoms with van der Waals surface area (Å²) in [6, 6.07) is 11.2. The number of carbonyl (C=O) groups is 2. The van der Waals surface area contributed by atoms with E-state index in [2.05, 4.69) is 20.7 Å². The van der Waals surface area contributed by atoms with E-state index in [1.165, 1.54) is 31.4 Å². The molecular formula is C17H15BrO5. The minimum absolute atomic E-state index is 0.318. The zero-order valence-electron chi connectivity index (χ0n) is 12.7. The average Bonchev–Trinajstić information content (AvgIpc) is 2.56. The van der Waals surface area contributed by atoms with Crippen LogP contribution in [0.3, 0.4) is 0 Å². The molecule has 2 aromatic carbocycles. The first kappa shape index (κ1) is 17.0. The normalized spacial score (nSPS) is 10.0. The first-order chi connectivity index (χ1) is 11.0. The number of hydrogen-bond donors (Lipinski definition) is 0. The molecule has 0 bridgehead atoms. The molecule has 0 N–H and O–H groups in total. The summed E-state index contributed by atoms with van der Waals surface area (Å²) in [7, 11) is 1.30. The molecule has 2 aromatic rings. The molecule has 2 rings (SSSR count). The zero-order chi connectivity index (χ0) is 16.8. The van der Waals surface area contributed by atoms with Crippen LogP contribution < -0.4 is 9.47 Å². The Bertz CT molecular complexity index is 709. The van der Waals surface area contributed by atoms with E-state index in [0.717, 1.165) is 4.47 Å². The predicted octanol–water partition coefficient (Wildman–Crippen LogP) is 3.85. The van der Waals surface area contributed by atoms with E-state index in [0.29, 0.717) is 29.2 Å². The van der Waals surface area contributed by atoms with Gasteiger partial charge in [0, 0.05) is 4.47 Å². The average molecular weight is 379 g/mol. The van der Waals surface area contributed by atoms with Gasteiger partial charge in [-0.25, -0.2) is 9.59 Å². The summed E-state index contributed by atoms with van der Waals surface area (Å²) >= 11 is 3.32. The number of ether oxygens (including phenoxy) is 3. The molecule has 0 spiro atoms. The van der Waals surface area contributed by atoms with Gasteiger partial charge in [-0.1, -0.05) is 15.9 Å². The van der Waals surface area contributed by atoms with Crippen molar-refractivity contribution < 1.29 is 23.8 Å². The summed E-state index contributed by atoms with van der Waals surface area (Å²) in [5.41, 5.74) is 0.697.